The van der Waals surface area contributed by atoms with Crippen LogP contribution in [0.15, 0.2) is 30.5 Å². The number of nitrogens with zero attached hydrogens (tertiary/aromatic N) is 2. The summed E-state index contributed by atoms with van der Waals surface area (Å²) in [5, 5.41) is 4.52. The topological polar surface area (TPSA) is 43.8 Å². The van der Waals surface area contributed by atoms with Gasteiger partial charge in [0.2, 0.25) is 0 Å². The molecule has 5 heteroatoms. The fraction of sp³-hybridized carbons (Fsp3) is 0.375. The Morgan fingerprint density at radius 2 is 1.86 bits per heavy atom. The van der Waals surface area contributed by atoms with Gasteiger partial charge in [0.15, 0.2) is 0 Å². The highest BCUT2D eigenvalue weighted by Crippen LogP contribution is 2.33. The van der Waals surface area contributed by atoms with Gasteiger partial charge in [-0.2, -0.15) is 5.10 Å². The van der Waals surface area contributed by atoms with Gasteiger partial charge in [-0.3, -0.25) is 4.68 Å². The predicted molar refractivity (Wildman–Crippen MR) is 85.6 cm³/mol. The Kier molecular flexibility index (Phi) is 4.01. The molecule has 0 spiro atoms. The van der Waals surface area contributed by atoms with E-state index in [-0.39, 0.29) is 5.82 Å². The van der Waals surface area contributed by atoms with E-state index in [9.17, 15) is 4.39 Å². The normalized spacial score (nSPS) is 16.0. The van der Waals surface area contributed by atoms with Crippen LogP contribution in [0.5, 0.6) is 0 Å². The second-order valence-corrected chi connectivity index (χ2v) is 5.95. The third kappa shape index (κ3) is 2.83. The first-order valence-corrected chi connectivity index (χ1v) is 7.71. The monoisotopic (exact) mass is 303 g/mol. The predicted octanol–water partition coefficient (Wildman–Crippen LogP) is 3.83. The molecule has 1 aliphatic rings. The van der Waals surface area contributed by atoms with E-state index in [2.05, 4.69) is 5.10 Å². The molecule has 2 aromatic rings. The SMILES string of the molecule is NC(=S)c1cnn(C2CCCCC2)c1-c1ccc(F)cc1. The highest BCUT2D eigenvalue weighted by atomic mass is 32.1. The maximum Gasteiger partial charge on any atom is 0.123 e. The van der Waals surface area contributed by atoms with Crippen LogP contribution in [0.4, 0.5) is 4.39 Å². The van der Waals surface area contributed by atoms with Crippen LogP contribution in [0.25, 0.3) is 11.3 Å². The molecule has 0 amide bonds. The van der Waals surface area contributed by atoms with Crippen LogP contribution >= 0.6 is 12.2 Å². The molecule has 0 atom stereocenters. The number of halogens is 1. The molecule has 2 N–H and O–H groups in total. The fourth-order valence-corrected chi connectivity index (χ4v) is 3.19. The summed E-state index contributed by atoms with van der Waals surface area (Å²) >= 11 is 5.14. The smallest absolute Gasteiger partial charge is 0.123 e. The summed E-state index contributed by atoms with van der Waals surface area (Å²) in [6, 6.07) is 6.80. The van der Waals surface area contributed by atoms with Gasteiger partial charge in [0, 0.05) is 5.56 Å². The van der Waals surface area contributed by atoms with E-state index >= 15 is 0 Å². The Labute approximate surface area is 129 Å². The maximum absolute atomic E-state index is 13.2. The third-order valence-electron chi connectivity index (χ3n) is 4.10. The van der Waals surface area contributed by atoms with Gasteiger partial charge >= 0.3 is 0 Å². The van der Waals surface area contributed by atoms with Crippen molar-refractivity contribution >= 4 is 17.2 Å². The zero-order chi connectivity index (χ0) is 14.8. The molecular formula is C16H18FN3S. The summed E-state index contributed by atoms with van der Waals surface area (Å²) < 4.78 is 15.2. The molecule has 1 aromatic heterocycles. The van der Waals surface area contributed by atoms with Gasteiger partial charge in [-0.1, -0.05) is 31.5 Å². The Morgan fingerprint density at radius 1 is 1.19 bits per heavy atom. The summed E-state index contributed by atoms with van der Waals surface area (Å²) in [4.78, 5) is 0.330. The largest absolute Gasteiger partial charge is 0.389 e. The van der Waals surface area contributed by atoms with Crippen molar-refractivity contribution in [2.45, 2.75) is 38.1 Å². The van der Waals surface area contributed by atoms with Gasteiger partial charge in [-0.15, -0.1) is 0 Å². The lowest BCUT2D eigenvalue weighted by Gasteiger charge is -2.24. The lowest BCUT2D eigenvalue weighted by molar-refractivity contribution is 0.332. The fourth-order valence-electron chi connectivity index (χ4n) is 3.04. The first-order chi connectivity index (χ1) is 10.2. The first-order valence-electron chi connectivity index (χ1n) is 7.30. The van der Waals surface area contributed by atoms with E-state index in [4.69, 9.17) is 18.0 Å². The summed E-state index contributed by atoms with van der Waals surface area (Å²) in [6.07, 6.45) is 7.69. The van der Waals surface area contributed by atoms with Crippen LogP contribution in [0.1, 0.15) is 43.7 Å². The Balaban J connectivity index is 2.08. The first kappa shape index (κ1) is 14.2. The molecule has 110 valence electrons. The summed E-state index contributed by atoms with van der Waals surface area (Å²) in [5.74, 6) is -0.251. The van der Waals surface area contributed by atoms with E-state index < -0.39 is 0 Å². The van der Waals surface area contributed by atoms with Crippen LogP contribution < -0.4 is 5.73 Å². The summed E-state index contributed by atoms with van der Waals surface area (Å²) in [5.41, 5.74) is 8.41. The van der Waals surface area contributed by atoms with Crippen molar-refractivity contribution in [3.05, 3.63) is 41.8 Å². The standard InChI is InChI=1S/C16H18FN3S/c17-12-8-6-11(7-9-12)15-14(16(18)21)10-19-20(15)13-4-2-1-3-5-13/h6-10,13H,1-5H2,(H2,18,21). The van der Waals surface area contributed by atoms with Crippen molar-refractivity contribution in [2.24, 2.45) is 5.73 Å². The number of aromatic nitrogens is 2. The molecule has 0 unspecified atom stereocenters. The van der Waals surface area contributed by atoms with Gasteiger partial charge in [-0.25, -0.2) is 4.39 Å². The minimum absolute atomic E-state index is 0.251. The minimum atomic E-state index is -0.251. The molecule has 21 heavy (non-hydrogen) atoms. The number of nitrogens with two attached hydrogens (primary N) is 1. The molecule has 3 rings (SSSR count). The van der Waals surface area contributed by atoms with Gasteiger partial charge < -0.3 is 5.73 Å². The highest BCUT2D eigenvalue weighted by Gasteiger charge is 2.22. The maximum atomic E-state index is 13.2. The summed E-state index contributed by atoms with van der Waals surface area (Å²) in [6.45, 7) is 0. The number of hydrogen-bond acceptors (Lipinski definition) is 2. The minimum Gasteiger partial charge on any atom is -0.389 e. The van der Waals surface area contributed by atoms with Crippen LogP contribution in [-0.4, -0.2) is 14.8 Å². The van der Waals surface area contributed by atoms with E-state index in [1.807, 2.05) is 4.68 Å². The van der Waals surface area contributed by atoms with Crippen molar-refractivity contribution in [1.82, 2.24) is 9.78 Å². The Hall–Kier alpha value is -1.75. The van der Waals surface area contributed by atoms with Crippen molar-refractivity contribution in [3.8, 4) is 11.3 Å². The van der Waals surface area contributed by atoms with Crippen molar-refractivity contribution < 1.29 is 4.39 Å². The molecular weight excluding hydrogens is 285 g/mol. The van der Waals surface area contributed by atoms with Crippen LogP contribution in [0.3, 0.4) is 0 Å². The van der Waals surface area contributed by atoms with Gasteiger partial charge in [0.25, 0.3) is 0 Å². The van der Waals surface area contributed by atoms with Crippen molar-refractivity contribution in [2.75, 3.05) is 0 Å². The Bertz CT molecular complexity index is 642. The van der Waals surface area contributed by atoms with E-state index in [1.165, 1.54) is 31.4 Å². The van der Waals surface area contributed by atoms with Crippen LogP contribution in [-0.2, 0) is 0 Å². The average molecular weight is 303 g/mol. The lowest BCUT2D eigenvalue weighted by atomic mass is 9.95. The van der Waals surface area contributed by atoms with E-state index in [1.54, 1.807) is 18.3 Å². The molecule has 0 bridgehead atoms. The molecule has 1 fully saturated rings. The number of benzene rings is 1. The van der Waals surface area contributed by atoms with Crippen molar-refractivity contribution in [3.63, 3.8) is 0 Å². The zero-order valence-electron chi connectivity index (χ0n) is 11.8. The summed E-state index contributed by atoms with van der Waals surface area (Å²) in [7, 11) is 0. The molecule has 0 saturated heterocycles. The Morgan fingerprint density at radius 3 is 2.48 bits per heavy atom. The average Bonchev–Trinajstić information content (AvgIpc) is 2.94. The molecule has 1 aromatic carbocycles. The number of hydrogen-bond donors (Lipinski definition) is 1. The lowest BCUT2D eigenvalue weighted by Crippen LogP contribution is -2.17. The van der Waals surface area contributed by atoms with E-state index in [0.29, 0.717) is 11.0 Å². The molecule has 1 heterocycles. The second-order valence-electron chi connectivity index (χ2n) is 5.51. The molecule has 0 radical (unpaired) electrons. The second kappa shape index (κ2) is 5.93. The molecule has 1 aliphatic carbocycles. The van der Waals surface area contributed by atoms with Crippen LogP contribution in [0, 0.1) is 5.82 Å². The van der Waals surface area contributed by atoms with Gasteiger partial charge in [0.05, 0.1) is 23.5 Å². The third-order valence-corrected chi connectivity index (χ3v) is 4.32. The quantitative estimate of drug-likeness (QED) is 0.876. The highest BCUT2D eigenvalue weighted by molar-refractivity contribution is 7.80. The number of rotatable bonds is 3. The van der Waals surface area contributed by atoms with Crippen LogP contribution in [0.2, 0.25) is 0 Å². The molecule has 3 nitrogen and oxygen atoms in total. The van der Waals surface area contributed by atoms with Crippen molar-refractivity contribution in [1.29, 1.82) is 0 Å². The number of thiocarbonyl (C=S) groups is 1. The molecule has 0 aliphatic heterocycles. The van der Waals surface area contributed by atoms with E-state index in [0.717, 1.165) is 29.7 Å². The van der Waals surface area contributed by atoms with Gasteiger partial charge in [0.1, 0.15) is 10.8 Å². The molecule has 1 saturated carbocycles. The van der Waals surface area contributed by atoms with Gasteiger partial charge in [-0.05, 0) is 37.1 Å². The zero-order valence-corrected chi connectivity index (χ0v) is 12.6.